The molecule has 1 aliphatic rings. The van der Waals surface area contributed by atoms with Crippen LogP contribution in [-0.2, 0) is 17.6 Å². The van der Waals surface area contributed by atoms with Crippen LogP contribution in [0.15, 0.2) is 16.7 Å². The summed E-state index contributed by atoms with van der Waals surface area (Å²) < 4.78 is 10.3. The molecule has 0 spiro atoms. The van der Waals surface area contributed by atoms with Gasteiger partial charge in [-0.05, 0) is 62.8 Å². The van der Waals surface area contributed by atoms with Crippen LogP contribution in [-0.4, -0.2) is 21.2 Å². The van der Waals surface area contributed by atoms with Gasteiger partial charge < -0.3 is 14.4 Å². The highest BCUT2D eigenvalue weighted by molar-refractivity contribution is 5.93. The van der Waals surface area contributed by atoms with E-state index in [4.69, 9.17) is 9.26 Å². The zero-order chi connectivity index (χ0) is 15.7. The first-order chi connectivity index (χ1) is 10.5. The number of benzene rings is 1. The van der Waals surface area contributed by atoms with Crippen LogP contribution in [0, 0.1) is 6.92 Å². The number of ether oxygens (including phenoxy) is 1. The smallest absolute Gasteiger partial charge is 0.342 e. The van der Waals surface area contributed by atoms with Gasteiger partial charge in [-0.15, -0.1) is 0 Å². The Morgan fingerprint density at radius 3 is 2.64 bits per heavy atom. The van der Waals surface area contributed by atoms with Gasteiger partial charge in [-0.25, -0.2) is 4.79 Å². The SMILES string of the molecule is Cc1noc([C@@H](C)OC(=O)c2cc3c(cc2O)CCCC3)n1. The summed E-state index contributed by atoms with van der Waals surface area (Å²) in [7, 11) is 0. The summed E-state index contributed by atoms with van der Waals surface area (Å²) in [5.41, 5.74) is 2.40. The molecule has 0 saturated carbocycles. The van der Waals surface area contributed by atoms with Gasteiger partial charge in [-0.3, -0.25) is 0 Å². The maximum absolute atomic E-state index is 12.3. The van der Waals surface area contributed by atoms with Crippen LogP contribution < -0.4 is 0 Å². The topological polar surface area (TPSA) is 85.5 Å². The maximum Gasteiger partial charge on any atom is 0.342 e. The summed E-state index contributed by atoms with van der Waals surface area (Å²) in [5, 5.41) is 13.7. The highest BCUT2D eigenvalue weighted by Gasteiger charge is 2.23. The number of aromatic hydroxyl groups is 1. The normalized spacial score (nSPS) is 15.2. The molecule has 1 heterocycles. The van der Waals surface area contributed by atoms with Crippen molar-refractivity contribution in [3.8, 4) is 5.75 Å². The second-order valence-electron chi connectivity index (χ2n) is 5.57. The molecule has 6 nitrogen and oxygen atoms in total. The zero-order valence-electron chi connectivity index (χ0n) is 12.6. The lowest BCUT2D eigenvalue weighted by Gasteiger charge is -2.18. The second-order valence-corrected chi connectivity index (χ2v) is 5.57. The molecule has 0 fully saturated rings. The minimum absolute atomic E-state index is 0.0421. The Balaban J connectivity index is 1.80. The predicted octanol–water partition coefficient (Wildman–Crippen LogP) is 2.88. The van der Waals surface area contributed by atoms with Gasteiger partial charge in [0.25, 0.3) is 5.89 Å². The third kappa shape index (κ3) is 2.81. The fourth-order valence-electron chi connectivity index (χ4n) is 2.69. The summed E-state index contributed by atoms with van der Waals surface area (Å²) in [5.74, 6) is 0.0895. The minimum atomic E-state index is -0.663. The molecule has 1 N–H and O–H groups in total. The molecule has 0 saturated heterocycles. The number of aromatic nitrogens is 2. The molecule has 0 amide bonds. The molecule has 1 aromatic carbocycles. The molecule has 116 valence electrons. The van der Waals surface area contributed by atoms with Gasteiger partial charge in [0.1, 0.15) is 11.3 Å². The third-order valence-corrected chi connectivity index (χ3v) is 3.85. The number of hydrogen-bond donors (Lipinski definition) is 1. The molecule has 0 unspecified atom stereocenters. The van der Waals surface area contributed by atoms with E-state index in [0.29, 0.717) is 5.82 Å². The predicted molar refractivity (Wildman–Crippen MR) is 77.6 cm³/mol. The zero-order valence-corrected chi connectivity index (χ0v) is 12.6. The van der Waals surface area contributed by atoms with E-state index in [2.05, 4.69) is 10.1 Å². The molecule has 1 atom stereocenters. The van der Waals surface area contributed by atoms with Crippen LogP contribution in [0.3, 0.4) is 0 Å². The molecule has 3 rings (SSSR count). The molecule has 22 heavy (non-hydrogen) atoms. The third-order valence-electron chi connectivity index (χ3n) is 3.85. The van der Waals surface area contributed by atoms with E-state index in [1.165, 1.54) is 0 Å². The molecule has 6 heteroatoms. The summed E-state index contributed by atoms with van der Waals surface area (Å²) in [6, 6.07) is 3.41. The highest BCUT2D eigenvalue weighted by Crippen LogP contribution is 2.30. The largest absolute Gasteiger partial charge is 0.507 e. The Morgan fingerprint density at radius 1 is 1.32 bits per heavy atom. The van der Waals surface area contributed by atoms with Crippen molar-refractivity contribution in [2.24, 2.45) is 0 Å². The quantitative estimate of drug-likeness (QED) is 0.877. The maximum atomic E-state index is 12.3. The molecule has 0 bridgehead atoms. The molecule has 1 aliphatic carbocycles. The van der Waals surface area contributed by atoms with E-state index >= 15 is 0 Å². The molecule has 2 aromatic rings. The van der Waals surface area contributed by atoms with E-state index in [1.807, 2.05) is 0 Å². The highest BCUT2D eigenvalue weighted by atomic mass is 16.6. The summed E-state index contributed by atoms with van der Waals surface area (Å²) in [4.78, 5) is 16.3. The van der Waals surface area contributed by atoms with E-state index in [9.17, 15) is 9.90 Å². The van der Waals surface area contributed by atoms with Gasteiger partial charge in [0, 0.05) is 0 Å². The Kier molecular flexibility index (Phi) is 3.83. The van der Waals surface area contributed by atoms with Crippen molar-refractivity contribution in [1.29, 1.82) is 0 Å². The Labute approximate surface area is 128 Å². The van der Waals surface area contributed by atoms with Crippen molar-refractivity contribution in [2.75, 3.05) is 0 Å². The van der Waals surface area contributed by atoms with Crippen LogP contribution in [0.25, 0.3) is 0 Å². The van der Waals surface area contributed by atoms with Gasteiger partial charge in [0.05, 0.1) is 0 Å². The molecule has 0 radical (unpaired) electrons. The Bertz CT molecular complexity index is 708. The van der Waals surface area contributed by atoms with Crippen LogP contribution in [0.2, 0.25) is 0 Å². The molecule has 1 aromatic heterocycles. The lowest BCUT2D eigenvalue weighted by Crippen LogP contribution is -2.12. The number of carbonyl (C=O) groups is 1. The molecular weight excluding hydrogens is 284 g/mol. The number of phenolic OH excluding ortho intramolecular Hbond substituents is 1. The summed E-state index contributed by atoms with van der Waals surface area (Å²) in [6.45, 7) is 3.34. The first-order valence-electron chi connectivity index (χ1n) is 7.40. The van der Waals surface area contributed by atoms with E-state index in [-0.39, 0.29) is 17.2 Å². The van der Waals surface area contributed by atoms with Crippen LogP contribution in [0.4, 0.5) is 0 Å². The standard InChI is InChI=1S/C16H18N2O4/c1-9(15-17-10(2)18-22-15)21-16(20)13-7-11-5-3-4-6-12(11)8-14(13)19/h7-9,19H,3-6H2,1-2H3/t9-/m1/s1. The fraction of sp³-hybridized carbons (Fsp3) is 0.438. The summed E-state index contributed by atoms with van der Waals surface area (Å²) in [6.07, 6.45) is 3.42. The van der Waals surface area contributed by atoms with Crippen molar-refractivity contribution in [2.45, 2.75) is 45.6 Å². The number of aryl methyl sites for hydroxylation is 3. The van der Waals surface area contributed by atoms with Gasteiger partial charge in [0.15, 0.2) is 11.9 Å². The van der Waals surface area contributed by atoms with E-state index < -0.39 is 12.1 Å². The lowest BCUT2D eigenvalue weighted by atomic mass is 9.90. The Morgan fingerprint density at radius 2 is 2.00 bits per heavy atom. The van der Waals surface area contributed by atoms with Crippen molar-refractivity contribution in [3.05, 3.63) is 40.5 Å². The summed E-state index contributed by atoms with van der Waals surface area (Å²) >= 11 is 0. The monoisotopic (exact) mass is 302 g/mol. The number of rotatable bonds is 3. The average molecular weight is 302 g/mol. The van der Waals surface area contributed by atoms with Gasteiger partial charge >= 0.3 is 5.97 Å². The number of phenols is 1. The first-order valence-corrected chi connectivity index (χ1v) is 7.40. The van der Waals surface area contributed by atoms with Crippen LogP contribution in [0.5, 0.6) is 5.75 Å². The van der Waals surface area contributed by atoms with Gasteiger partial charge in [-0.1, -0.05) is 5.16 Å². The lowest BCUT2D eigenvalue weighted by molar-refractivity contribution is 0.0262. The van der Waals surface area contributed by atoms with Crippen molar-refractivity contribution < 1.29 is 19.2 Å². The second kappa shape index (κ2) is 5.79. The number of fused-ring (bicyclic) bond motifs is 1. The van der Waals surface area contributed by atoms with E-state index in [0.717, 1.165) is 36.8 Å². The van der Waals surface area contributed by atoms with Gasteiger partial charge in [0.2, 0.25) is 0 Å². The average Bonchev–Trinajstić information content (AvgIpc) is 2.93. The van der Waals surface area contributed by atoms with Crippen LogP contribution in [0.1, 0.15) is 59.1 Å². The number of carbonyl (C=O) groups excluding carboxylic acids is 1. The fourth-order valence-corrected chi connectivity index (χ4v) is 2.69. The minimum Gasteiger partial charge on any atom is -0.507 e. The Hall–Kier alpha value is -2.37. The molecular formula is C16H18N2O4. The number of nitrogens with zero attached hydrogens (tertiary/aromatic N) is 2. The van der Waals surface area contributed by atoms with Crippen LogP contribution >= 0.6 is 0 Å². The first kappa shape index (κ1) is 14.6. The van der Waals surface area contributed by atoms with Crippen molar-refractivity contribution in [3.63, 3.8) is 0 Å². The van der Waals surface area contributed by atoms with E-state index in [1.54, 1.807) is 26.0 Å². The number of hydrogen-bond acceptors (Lipinski definition) is 6. The molecule has 0 aliphatic heterocycles. The van der Waals surface area contributed by atoms with Gasteiger partial charge in [-0.2, -0.15) is 4.98 Å². The van der Waals surface area contributed by atoms with Crippen molar-refractivity contribution >= 4 is 5.97 Å². The van der Waals surface area contributed by atoms with Crippen molar-refractivity contribution in [1.82, 2.24) is 10.1 Å². The number of esters is 1.